The second-order valence-electron chi connectivity index (χ2n) is 8.63. The minimum absolute atomic E-state index is 0.0272. The Hall–Kier alpha value is -3.08. The number of tetrazole rings is 1. The Balaban J connectivity index is 1.40. The molecule has 1 saturated heterocycles. The van der Waals surface area contributed by atoms with Crippen molar-refractivity contribution >= 4 is 32.4 Å². The predicted octanol–water partition coefficient (Wildman–Crippen LogP) is 2.91. The van der Waals surface area contributed by atoms with Crippen molar-refractivity contribution in [2.45, 2.75) is 12.6 Å². The van der Waals surface area contributed by atoms with Crippen LogP contribution in [0.1, 0.15) is 17.4 Å². The minimum Gasteiger partial charge on any atom is -0.383 e. The first-order valence-corrected chi connectivity index (χ1v) is 12.3. The molecule has 1 aliphatic heterocycles. The largest absolute Gasteiger partial charge is 0.383 e. The second-order valence-corrected chi connectivity index (χ2v) is 9.64. The van der Waals surface area contributed by atoms with Gasteiger partial charge < -0.3 is 14.5 Å². The Kier molecular flexibility index (Phi) is 6.70. The molecule has 3 heterocycles. The Morgan fingerprint density at radius 2 is 1.79 bits per heavy atom. The van der Waals surface area contributed by atoms with Crippen LogP contribution in [-0.2, 0) is 11.3 Å². The zero-order valence-electron chi connectivity index (χ0n) is 19.8. The van der Waals surface area contributed by atoms with Gasteiger partial charge in [0.05, 0.1) is 29.4 Å². The molecule has 5 rings (SSSR count). The molecule has 1 aliphatic rings. The first-order chi connectivity index (χ1) is 16.6. The lowest BCUT2D eigenvalue weighted by molar-refractivity contribution is 0.172. The highest BCUT2D eigenvalue weighted by atomic mass is 32.1. The number of ether oxygens (including phenoxy) is 1. The third kappa shape index (κ3) is 4.61. The van der Waals surface area contributed by atoms with Crippen molar-refractivity contribution in [1.82, 2.24) is 30.1 Å². The van der Waals surface area contributed by atoms with Crippen molar-refractivity contribution in [2.24, 2.45) is 0 Å². The maximum atomic E-state index is 5.28. The summed E-state index contributed by atoms with van der Waals surface area (Å²) in [4.78, 5) is 11.8. The van der Waals surface area contributed by atoms with Crippen LogP contribution >= 0.6 is 11.3 Å². The fourth-order valence-electron chi connectivity index (χ4n) is 4.39. The molecular formula is C24H30N8OS. The van der Waals surface area contributed by atoms with Crippen molar-refractivity contribution in [3.8, 4) is 0 Å². The molecule has 10 heteroatoms. The monoisotopic (exact) mass is 478 g/mol. The SMILES string of the molecule is COCCn1nnnc1[C@H](c1ccc(N(C)C)cc1)N1CCN(c2nc3ccccc3s2)CC1. The molecule has 0 unspecified atom stereocenters. The summed E-state index contributed by atoms with van der Waals surface area (Å²) in [7, 11) is 5.81. The summed E-state index contributed by atoms with van der Waals surface area (Å²) in [5, 5.41) is 13.8. The molecule has 0 aliphatic carbocycles. The summed E-state index contributed by atoms with van der Waals surface area (Å²) in [5.41, 5.74) is 3.43. The summed E-state index contributed by atoms with van der Waals surface area (Å²) >= 11 is 1.76. The molecule has 9 nitrogen and oxygen atoms in total. The summed E-state index contributed by atoms with van der Waals surface area (Å²) in [6.45, 7) is 4.80. The molecule has 1 fully saturated rings. The molecule has 2 aromatic carbocycles. The van der Waals surface area contributed by atoms with Gasteiger partial charge in [-0.05, 0) is 40.3 Å². The van der Waals surface area contributed by atoms with Gasteiger partial charge in [0.2, 0.25) is 0 Å². The van der Waals surface area contributed by atoms with Crippen LogP contribution in [0, 0.1) is 0 Å². The number of hydrogen-bond acceptors (Lipinski definition) is 9. The van der Waals surface area contributed by atoms with Crippen LogP contribution in [0.2, 0.25) is 0 Å². The molecular weight excluding hydrogens is 448 g/mol. The first kappa shape index (κ1) is 22.7. The molecule has 0 amide bonds. The highest BCUT2D eigenvalue weighted by Crippen LogP contribution is 2.32. The van der Waals surface area contributed by atoms with Gasteiger partial charge in [0.15, 0.2) is 11.0 Å². The Morgan fingerprint density at radius 3 is 2.50 bits per heavy atom. The molecule has 34 heavy (non-hydrogen) atoms. The molecule has 0 bridgehead atoms. The van der Waals surface area contributed by atoms with E-state index in [-0.39, 0.29) is 6.04 Å². The van der Waals surface area contributed by atoms with E-state index in [0.29, 0.717) is 13.2 Å². The topological polar surface area (TPSA) is 75.4 Å². The van der Waals surface area contributed by atoms with Gasteiger partial charge in [-0.1, -0.05) is 35.6 Å². The smallest absolute Gasteiger partial charge is 0.186 e. The fourth-order valence-corrected chi connectivity index (χ4v) is 5.41. The number of piperazine rings is 1. The van der Waals surface area contributed by atoms with Crippen LogP contribution in [0.15, 0.2) is 48.5 Å². The summed E-state index contributed by atoms with van der Waals surface area (Å²) < 4.78 is 8.38. The van der Waals surface area contributed by atoms with Crippen molar-refractivity contribution in [3.63, 3.8) is 0 Å². The van der Waals surface area contributed by atoms with Gasteiger partial charge in [0.1, 0.15) is 0 Å². The second kappa shape index (κ2) is 10.0. The number of rotatable bonds is 8. The number of fused-ring (bicyclic) bond motifs is 1. The number of benzene rings is 2. The van der Waals surface area contributed by atoms with Gasteiger partial charge in [-0.3, -0.25) is 4.90 Å². The van der Waals surface area contributed by atoms with Crippen LogP contribution in [0.5, 0.6) is 0 Å². The molecule has 2 aromatic heterocycles. The first-order valence-electron chi connectivity index (χ1n) is 11.5. The predicted molar refractivity (Wildman–Crippen MR) is 136 cm³/mol. The maximum absolute atomic E-state index is 5.28. The van der Waals surface area contributed by atoms with Gasteiger partial charge in [0.25, 0.3) is 0 Å². The lowest BCUT2D eigenvalue weighted by Crippen LogP contribution is -2.48. The lowest BCUT2D eigenvalue weighted by Gasteiger charge is -2.38. The van der Waals surface area contributed by atoms with E-state index in [2.05, 4.69) is 86.8 Å². The molecule has 0 spiro atoms. The molecule has 0 N–H and O–H groups in total. The van der Waals surface area contributed by atoms with Gasteiger partial charge in [-0.25, -0.2) is 9.67 Å². The van der Waals surface area contributed by atoms with E-state index < -0.39 is 0 Å². The average Bonchev–Trinajstić information content (AvgIpc) is 3.51. The van der Waals surface area contributed by atoms with Crippen LogP contribution in [-0.4, -0.2) is 84.1 Å². The van der Waals surface area contributed by atoms with Gasteiger partial charge in [-0.2, -0.15) is 0 Å². The van der Waals surface area contributed by atoms with Crippen molar-refractivity contribution in [1.29, 1.82) is 0 Å². The van der Waals surface area contributed by atoms with Gasteiger partial charge in [0, 0.05) is 53.1 Å². The van der Waals surface area contributed by atoms with E-state index in [0.717, 1.165) is 42.7 Å². The minimum atomic E-state index is -0.0272. The van der Waals surface area contributed by atoms with Crippen LogP contribution in [0.4, 0.5) is 10.8 Å². The average molecular weight is 479 g/mol. The normalized spacial score (nSPS) is 15.7. The van der Waals surface area contributed by atoms with Gasteiger partial charge in [-0.15, -0.1) is 5.10 Å². The number of hydrogen-bond donors (Lipinski definition) is 0. The molecule has 178 valence electrons. The Labute approximate surface area is 203 Å². The lowest BCUT2D eigenvalue weighted by atomic mass is 10.0. The number of thiazole rings is 1. The van der Waals surface area contributed by atoms with Crippen molar-refractivity contribution in [2.75, 3.05) is 63.8 Å². The zero-order chi connectivity index (χ0) is 23.5. The van der Waals surface area contributed by atoms with E-state index >= 15 is 0 Å². The molecule has 0 saturated carbocycles. The van der Waals surface area contributed by atoms with Crippen molar-refractivity contribution in [3.05, 3.63) is 59.9 Å². The third-order valence-corrected chi connectivity index (χ3v) is 7.37. The summed E-state index contributed by atoms with van der Waals surface area (Å²) in [6.07, 6.45) is 0. The number of para-hydroxylation sites is 1. The van der Waals surface area contributed by atoms with Gasteiger partial charge >= 0.3 is 0 Å². The number of anilines is 2. The van der Waals surface area contributed by atoms with Crippen LogP contribution in [0.3, 0.4) is 0 Å². The molecule has 0 radical (unpaired) electrons. The standard InChI is InChI=1S/C24H30N8OS/c1-29(2)19-10-8-18(9-11-19)22(23-26-27-28-32(23)16-17-33-3)30-12-14-31(15-13-30)24-25-20-6-4-5-7-21(20)34-24/h4-11,22H,12-17H2,1-3H3/t22-/m0/s1. The summed E-state index contributed by atoms with van der Waals surface area (Å²) in [5.74, 6) is 0.850. The number of aromatic nitrogens is 5. The highest BCUT2D eigenvalue weighted by molar-refractivity contribution is 7.22. The molecule has 4 aromatic rings. The number of methoxy groups -OCH3 is 1. The number of nitrogens with zero attached hydrogens (tertiary/aromatic N) is 8. The van der Waals surface area contributed by atoms with E-state index in [1.54, 1.807) is 18.4 Å². The Morgan fingerprint density at radius 1 is 1.03 bits per heavy atom. The van der Waals surface area contributed by atoms with E-state index in [1.165, 1.54) is 16.0 Å². The highest BCUT2D eigenvalue weighted by Gasteiger charge is 2.31. The Bertz CT molecular complexity index is 1180. The van der Waals surface area contributed by atoms with E-state index in [4.69, 9.17) is 9.72 Å². The van der Waals surface area contributed by atoms with Crippen LogP contribution in [0.25, 0.3) is 10.2 Å². The zero-order valence-corrected chi connectivity index (χ0v) is 20.6. The van der Waals surface area contributed by atoms with Crippen LogP contribution < -0.4 is 9.80 Å². The summed E-state index contributed by atoms with van der Waals surface area (Å²) in [6, 6.07) is 17.0. The van der Waals surface area contributed by atoms with E-state index in [9.17, 15) is 0 Å². The third-order valence-electron chi connectivity index (χ3n) is 6.27. The van der Waals surface area contributed by atoms with Crippen molar-refractivity contribution < 1.29 is 4.74 Å². The maximum Gasteiger partial charge on any atom is 0.186 e. The van der Waals surface area contributed by atoms with E-state index in [1.807, 2.05) is 10.7 Å². The quantitative estimate of drug-likeness (QED) is 0.383. The molecule has 1 atom stereocenters. The fraction of sp³-hybridized carbons (Fsp3) is 0.417.